The molecule has 1 aromatic carbocycles. The van der Waals surface area contributed by atoms with Gasteiger partial charge in [0.25, 0.3) is 5.91 Å². The number of carbonyl (C=O) groups is 1. The van der Waals surface area contributed by atoms with Crippen molar-refractivity contribution < 1.29 is 9.53 Å². The largest absolute Gasteiger partial charge is 0.489 e. The second-order valence-electron chi connectivity index (χ2n) is 3.51. The van der Waals surface area contributed by atoms with Crippen LogP contribution in [-0.2, 0) is 0 Å². The zero-order chi connectivity index (χ0) is 12.1. The Hall–Kier alpha value is -1.81. The van der Waals surface area contributed by atoms with Crippen molar-refractivity contribution in [2.24, 2.45) is 5.84 Å². The zero-order valence-electron chi connectivity index (χ0n) is 9.54. The molecule has 86 valence electrons. The quantitative estimate of drug-likeness (QED) is 0.349. The fraction of sp³-hybridized carbons (Fsp3) is 0.250. The van der Waals surface area contributed by atoms with Crippen LogP contribution in [0.15, 0.2) is 24.8 Å². The van der Waals surface area contributed by atoms with Crippen LogP contribution in [0.3, 0.4) is 0 Å². The van der Waals surface area contributed by atoms with Gasteiger partial charge in [-0.2, -0.15) is 0 Å². The van der Waals surface area contributed by atoms with E-state index in [0.717, 1.165) is 16.9 Å². The summed E-state index contributed by atoms with van der Waals surface area (Å²) < 4.78 is 5.50. The highest BCUT2D eigenvalue weighted by molar-refractivity contribution is 5.94. The monoisotopic (exact) mass is 220 g/mol. The molecule has 0 spiro atoms. The van der Waals surface area contributed by atoms with Gasteiger partial charge in [-0.15, -0.1) is 0 Å². The molecule has 0 bridgehead atoms. The number of ether oxygens (including phenoxy) is 1. The number of benzene rings is 1. The summed E-state index contributed by atoms with van der Waals surface area (Å²) in [4.78, 5) is 11.4. The average molecular weight is 220 g/mol. The Kier molecular flexibility index (Phi) is 4.08. The van der Waals surface area contributed by atoms with Crippen LogP contribution in [0.1, 0.15) is 21.5 Å². The van der Waals surface area contributed by atoms with Crippen molar-refractivity contribution in [2.45, 2.75) is 13.8 Å². The van der Waals surface area contributed by atoms with Crippen LogP contribution < -0.4 is 16.0 Å². The predicted octanol–water partition coefficient (Wildman–Crippen LogP) is 1.47. The maximum atomic E-state index is 11.4. The van der Waals surface area contributed by atoms with Crippen LogP contribution in [0.2, 0.25) is 0 Å². The second-order valence-corrected chi connectivity index (χ2v) is 3.51. The molecule has 1 rings (SSSR count). The lowest BCUT2D eigenvalue weighted by atomic mass is 10.1. The number of carbonyl (C=O) groups excluding carboxylic acids is 1. The topological polar surface area (TPSA) is 64.3 Å². The third kappa shape index (κ3) is 2.61. The van der Waals surface area contributed by atoms with E-state index in [1.165, 1.54) is 0 Å². The Morgan fingerprint density at radius 1 is 1.50 bits per heavy atom. The molecule has 0 aliphatic carbocycles. The minimum Gasteiger partial charge on any atom is -0.489 e. The lowest BCUT2D eigenvalue weighted by Crippen LogP contribution is -2.30. The molecule has 0 unspecified atom stereocenters. The number of hydrazine groups is 1. The molecule has 0 saturated carbocycles. The summed E-state index contributed by atoms with van der Waals surface area (Å²) in [6.45, 7) is 7.81. The van der Waals surface area contributed by atoms with E-state index in [1.807, 2.05) is 13.8 Å². The summed E-state index contributed by atoms with van der Waals surface area (Å²) in [7, 11) is 0. The number of amides is 1. The summed E-state index contributed by atoms with van der Waals surface area (Å²) in [5, 5.41) is 0. The molecule has 0 fully saturated rings. The van der Waals surface area contributed by atoms with Crippen molar-refractivity contribution >= 4 is 5.91 Å². The van der Waals surface area contributed by atoms with Crippen LogP contribution in [0, 0.1) is 13.8 Å². The van der Waals surface area contributed by atoms with Gasteiger partial charge in [0.05, 0.1) is 0 Å². The van der Waals surface area contributed by atoms with Crippen molar-refractivity contribution in [1.29, 1.82) is 0 Å². The molecule has 1 amide bonds. The molecule has 1 aromatic rings. The second kappa shape index (κ2) is 5.32. The van der Waals surface area contributed by atoms with Crippen molar-refractivity contribution in [3.63, 3.8) is 0 Å². The number of nitrogens with one attached hydrogen (secondary N) is 1. The molecule has 0 aliphatic heterocycles. The fourth-order valence-corrected chi connectivity index (χ4v) is 1.53. The van der Waals surface area contributed by atoms with E-state index in [1.54, 1.807) is 18.2 Å². The van der Waals surface area contributed by atoms with Gasteiger partial charge in [0.1, 0.15) is 12.4 Å². The first kappa shape index (κ1) is 12.3. The van der Waals surface area contributed by atoms with Gasteiger partial charge in [-0.05, 0) is 37.1 Å². The molecule has 0 radical (unpaired) electrons. The normalized spacial score (nSPS) is 9.69. The number of rotatable bonds is 4. The molecule has 0 heterocycles. The van der Waals surface area contributed by atoms with Crippen LogP contribution >= 0.6 is 0 Å². The lowest BCUT2D eigenvalue weighted by molar-refractivity contribution is 0.0953. The molecule has 0 saturated heterocycles. The highest BCUT2D eigenvalue weighted by Crippen LogP contribution is 2.24. The molecule has 0 aromatic heterocycles. The third-order valence-electron chi connectivity index (χ3n) is 2.20. The van der Waals surface area contributed by atoms with E-state index in [9.17, 15) is 4.79 Å². The zero-order valence-corrected chi connectivity index (χ0v) is 9.54. The first-order valence-electron chi connectivity index (χ1n) is 4.96. The number of hydrogen-bond acceptors (Lipinski definition) is 3. The smallest absolute Gasteiger partial charge is 0.265 e. The van der Waals surface area contributed by atoms with Crippen molar-refractivity contribution in [3.8, 4) is 5.75 Å². The third-order valence-corrected chi connectivity index (χ3v) is 2.20. The summed E-state index contributed by atoms with van der Waals surface area (Å²) >= 11 is 0. The van der Waals surface area contributed by atoms with E-state index >= 15 is 0 Å². The van der Waals surface area contributed by atoms with Gasteiger partial charge in [-0.25, -0.2) is 5.84 Å². The highest BCUT2D eigenvalue weighted by atomic mass is 16.5. The van der Waals surface area contributed by atoms with E-state index < -0.39 is 0 Å². The van der Waals surface area contributed by atoms with Gasteiger partial charge in [0, 0.05) is 5.56 Å². The molecule has 0 aliphatic rings. The van der Waals surface area contributed by atoms with Crippen molar-refractivity contribution in [1.82, 2.24) is 5.43 Å². The van der Waals surface area contributed by atoms with E-state index in [-0.39, 0.29) is 5.91 Å². The Bertz CT molecular complexity index is 390. The number of nitrogen functional groups attached to an aromatic ring is 1. The van der Waals surface area contributed by atoms with Gasteiger partial charge in [-0.3, -0.25) is 10.2 Å². The van der Waals surface area contributed by atoms with E-state index in [2.05, 4.69) is 12.0 Å². The van der Waals surface area contributed by atoms with Crippen LogP contribution in [0.4, 0.5) is 0 Å². The summed E-state index contributed by atoms with van der Waals surface area (Å²) in [5.41, 5.74) is 4.44. The van der Waals surface area contributed by atoms with E-state index in [0.29, 0.717) is 12.2 Å². The molecular formula is C12H16N2O2. The molecular weight excluding hydrogens is 204 g/mol. The minimum absolute atomic E-state index is 0.304. The Labute approximate surface area is 95.1 Å². The van der Waals surface area contributed by atoms with E-state index in [4.69, 9.17) is 10.6 Å². The summed E-state index contributed by atoms with van der Waals surface area (Å²) in [5.74, 6) is 5.56. The highest BCUT2D eigenvalue weighted by Gasteiger charge is 2.10. The Morgan fingerprint density at radius 3 is 2.50 bits per heavy atom. The van der Waals surface area contributed by atoms with Gasteiger partial charge < -0.3 is 4.74 Å². The maximum Gasteiger partial charge on any atom is 0.265 e. The number of hydrogen-bond donors (Lipinski definition) is 2. The lowest BCUT2D eigenvalue weighted by Gasteiger charge is -2.12. The number of aryl methyl sites for hydroxylation is 2. The average Bonchev–Trinajstić information content (AvgIpc) is 2.26. The Balaban J connectivity index is 3.06. The summed E-state index contributed by atoms with van der Waals surface area (Å²) in [6, 6.07) is 3.49. The standard InChI is InChI=1S/C12H16N2O2/c1-4-5-16-11-8(2)6-10(7-9(11)3)12(15)14-13/h4,6-7H,1,5,13H2,2-3H3,(H,14,15). The van der Waals surface area contributed by atoms with Gasteiger partial charge in [-0.1, -0.05) is 12.7 Å². The van der Waals surface area contributed by atoms with Gasteiger partial charge in [0.2, 0.25) is 0 Å². The molecule has 4 nitrogen and oxygen atoms in total. The van der Waals surface area contributed by atoms with Crippen LogP contribution in [-0.4, -0.2) is 12.5 Å². The molecule has 16 heavy (non-hydrogen) atoms. The van der Waals surface area contributed by atoms with Gasteiger partial charge >= 0.3 is 0 Å². The first-order valence-corrected chi connectivity index (χ1v) is 4.96. The molecule has 0 atom stereocenters. The minimum atomic E-state index is -0.304. The predicted molar refractivity (Wildman–Crippen MR) is 63.3 cm³/mol. The molecule has 3 N–H and O–H groups in total. The van der Waals surface area contributed by atoms with Crippen molar-refractivity contribution in [2.75, 3.05) is 6.61 Å². The fourth-order valence-electron chi connectivity index (χ4n) is 1.53. The molecule has 4 heteroatoms. The van der Waals surface area contributed by atoms with Crippen molar-refractivity contribution in [3.05, 3.63) is 41.5 Å². The van der Waals surface area contributed by atoms with Gasteiger partial charge in [0.15, 0.2) is 0 Å². The first-order chi connectivity index (χ1) is 7.60. The maximum absolute atomic E-state index is 11.4. The van der Waals surface area contributed by atoms with Crippen LogP contribution in [0.5, 0.6) is 5.75 Å². The Morgan fingerprint density at radius 2 is 2.06 bits per heavy atom. The SMILES string of the molecule is C=CCOc1c(C)cc(C(=O)NN)cc1C. The summed E-state index contributed by atoms with van der Waals surface area (Å²) in [6.07, 6.45) is 1.68. The van der Waals surface area contributed by atoms with Crippen LogP contribution in [0.25, 0.3) is 0 Å². The number of nitrogens with two attached hydrogens (primary N) is 1.